The van der Waals surface area contributed by atoms with Crippen LogP contribution in [0.2, 0.25) is 5.02 Å². The van der Waals surface area contributed by atoms with Gasteiger partial charge in [0.1, 0.15) is 5.69 Å². The minimum atomic E-state index is -0.604. The van der Waals surface area contributed by atoms with Crippen molar-refractivity contribution in [3.8, 4) is 0 Å². The molecule has 2 N–H and O–H groups in total. The molecule has 0 saturated heterocycles. The highest BCUT2D eigenvalue weighted by Crippen LogP contribution is 2.18. The molecule has 1 amide bonds. The number of nitrogens with zero attached hydrogens (tertiary/aromatic N) is 1. The molecule has 2 rings (SSSR count). The molecule has 0 saturated carbocycles. The quantitative estimate of drug-likeness (QED) is 0.618. The molecule has 1 atom stereocenters. The van der Waals surface area contributed by atoms with Gasteiger partial charge in [0.2, 0.25) is 0 Å². The van der Waals surface area contributed by atoms with Crippen molar-refractivity contribution < 1.29 is 23.9 Å². The molecule has 0 unspecified atom stereocenters. The van der Waals surface area contributed by atoms with E-state index >= 15 is 0 Å². The van der Waals surface area contributed by atoms with Crippen LogP contribution in [0.5, 0.6) is 0 Å². The summed E-state index contributed by atoms with van der Waals surface area (Å²) in [5.74, 6) is -1.57. The monoisotopic (exact) mass is 407 g/mol. The predicted octanol–water partition coefficient (Wildman–Crippen LogP) is 2.53. The maximum Gasteiger partial charge on any atom is 0.356 e. The van der Waals surface area contributed by atoms with Gasteiger partial charge in [-0.25, -0.2) is 4.79 Å². The summed E-state index contributed by atoms with van der Waals surface area (Å²) < 4.78 is 9.84. The standard InChI is InChI=1S/C19H22ClN3O5/c1-3-27-17(24)10-13(9-12-7-5-6-8-14(12)20)21-18(25)15-11-16(23-22-15)19(26)28-4-2/h5-8,11,13H,3-4,9-10H2,1-2H3,(H,21,25)(H,22,23)/t13-/m1/s1. The van der Waals surface area contributed by atoms with Crippen molar-refractivity contribution in [2.45, 2.75) is 32.7 Å². The molecule has 0 aliphatic rings. The molecule has 2 aromatic rings. The number of rotatable bonds is 9. The minimum absolute atomic E-state index is 0.0103. The second-order valence-electron chi connectivity index (χ2n) is 5.86. The molecule has 28 heavy (non-hydrogen) atoms. The van der Waals surface area contributed by atoms with Crippen LogP contribution in [-0.4, -0.2) is 47.3 Å². The van der Waals surface area contributed by atoms with Crippen molar-refractivity contribution in [3.63, 3.8) is 0 Å². The molecule has 0 spiro atoms. The predicted molar refractivity (Wildman–Crippen MR) is 102 cm³/mol. The highest BCUT2D eigenvalue weighted by atomic mass is 35.5. The molecule has 1 aromatic carbocycles. The maximum absolute atomic E-state index is 12.5. The summed E-state index contributed by atoms with van der Waals surface area (Å²) in [5, 5.41) is 9.59. The van der Waals surface area contributed by atoms with Crippen molar-refractivity contribution in [2.24, 2.45) is 0 Å². The van der Waals surface area contributed by atoms with Gasteiger partial charge in [0, 0.05) is 17.1 Å². The number of hydrogen-bond donors (Lipinski definition) is 2. The van der Waals surface area contributed by atoms with Crippen LogP contribution in [0.1, 0.15) is 46.8 Å². The average molecular weight is 408 g/mol. The molecule has 9 heteroatoms. The zero-order valence-electron chi connectivity index (χ0n) is 15.7. The van der Waals surface area contributed by atoms with Crippen LogP contribution in [-0.2, 0) is 20.7 Å². The molecule has 0 fully saturated rings. The molecular formula is C19H22ClN3O5. The number of ether oxygens (including phenoxy) is 2. The van der Waals surface area contributed by atoms with Gasteiger partial charge in [-0.05, 0) is 31.9 Å². The number of aromatic amines is 1. The van der Waals surface area contributed by atoms with E-state index in [1.54, 1.807) is 26.0 Å². The third-order valence-electron chi connectivity index (χ3n) is 3.78. The molecule has 0 radical (unpaired) electrons. The van der Waals surface area contributed by atoms with Crippen LogP contribution < -0.4 is 5.32 Å². The Morgan fingerprint density at radius 1 is 1.18 bits per heavy atom. The third-order valence-corrected chi connectivity index (χ3v) is 4.15. The van der Waals surface area contributed by atoms with Crippen molar-refractivity contribution >= 4 is 29.4 Å². The molecule has 0 aliphatic heterocycles. The third kappa shape index (κ3) is 6.09. The van der Waals surface area contributed by atoms with E-state index in [1.165, 1.54) is 6.07 Å². The topological polar surface area (TPSA) is 110 Å². The maximum atomic E-state index is 12.5. The molecule has 8 nitrogen and oxygen atoms in total. The smallest absolute Gasteiger partial charge is 0.356 e. The fourth-order valence-corrected chi connectivity index (χ4v) is 2.75. The Morgan fingerprint density at radius 3 is 2.57 bits per heavy atom. The van der Waals surface area contributed by atoms with E-state index in [2.05, 4.69) is 15.5 Å². The van der Waals surface area contributed by atoms with Gasteiger partial charge in [-0.15, -0.1) is 0 Å². The summed E-state index contributed by atoms with van der Waals surface area (Å²) in [6.45, 7) is 3.84. The van der Waals surface area contributed by atoms with Crippen LogP contribution in [0, 0.1) is 0 Å². The summed E-state index contributed by atoms with van der Waals surface area (Å²) in [6.07, 6.45) is 0.305. The first-order valence-corrected chi connectivity index (χ1v) is 9.24. The molecular weight excluding hydrogens is 386 g/mol. The Morgan fingerprint density at radius 2 is 1.89 bits per heavy atom. The number of H-pyrrole nitrogens is 1. The van der Waals surface area contributed by atoms with Gasteiger partial charge in [0.05, 0.1) is 19.6 Å². The number of esters is 2. The Kier molecular flexibility index (Phi) is 8.01. The van der Waals surface area contributed by atoms with Crippen molar-refractivity contribution in [1.82, 2.24) is 15.5 Å². The number of hydrogen-bond acceptors (Lipinski definition) is 6. The Labute approximate surface area is 167 Å². The van der Waals surface area contributed by atoms with Crippen molar-refractivity contribution in [3.05, 3.63) is 52.3 Å². The van der Waals surface area contributed by atoms with E-state index in [9.17, 15) is 14.4 Å². The van der Waals surface area contributed by atoms with Crippen LogP contribution in [0.4, 0.5) is 0 Å². The van der Waals surface area contributed by atoms with E-state index in [-0.39, 0.29) is 31.0 Å². The lowest BCUT2D eigenvalue weighted by Crippen LogP contribution is -2.38. The van der Waals surface area contributed by atoms with E-state index < -0.39 is 23.9 Å². The number of halogens is 1. The van der Waals surface area contributed by atoms with Crippen LogP contribution in [0.15, 0.2) is 30.3 Å². The fraction of sp³-hybridized carbons (Fsp3) is 0.368. The number of carbonyl (C=O) groups is 3. The Hall–Kier alpha value is -2.87. The normalized spacial score (nSPS) is 11.5. The van der Waals surface area contributed by atoms with Gasteiger partial charge in [0.25, 0.3) is 5.91 Å². The van der Waals surface area contributed by atoms with Gasteiger partial charge < -0.3 is 14.8 Å². The summed E-state index contributed by atoms with van der Waals surface area (Å²) in [4.78, 5) is 36.2. The first kappa shape index (κ1) is 21.4. The molecule has 0 bridgehead atoms. The fourth-order valence-electron chi connectivity index (χ4n) is 2.54. The molecule has 0 aliphatic carbocycles. The van der Waals surface area contributed by atoms with E-state index in [1.807, 2.05) is 12.1 Å². The van der Waals surface area contributed by atoms with E-state index in [0.29, 0.717) is 11.4 Å². The van der Waals surface area contributed by atoms with Crippen LogP contribution in [0.3, 0.4) is 0 Å². The lowest BCUT2D eigenvalue weighted by molar-refractivity contribution is -0.143. The highest BCUT2D eigenvalue weighted by molar-refractivity contribution is 6.31. The largest absolute Gasteiger partial charge is 0.466 e. The van der Waals surface area contributed by atoms with Crippen LogP contribution in [0.25, 0.3) is 0 Å². The van der Waals surface area contributed by atoms with Gasteiger partial charge >= 0.3 is 11.9 Å². The van der Waals surface area contributed by atoms with Crippen LogP contribution >= 0.6 is 11.6 Å². The summed E-state index contributed by atoms with van der Waals surface area (Å²) in [5.41, 5.74) is 0.865. The van der Waals surface area contributed by atoms with Gasteiger partial charge in [0.15, 0.2) is 5.69 Å². The molecule has 1 aromatic heterocycles. The average Bonchev–Trinajstić information content (AvgIpc) is 3.14. The van der Waals surface area contributed by atoms with Crippen molar-refractivity contribution in [1.29, 1.82) is 0 Å². The zero-order chi connectivity index (χ0) is 20.5. The van der Waals surface area contributed by atoms with Gasteiger partial charge in [-0.1, -0.05) is 29.8 Å². The first-order chi connectivity index (χ1) is 13.4. The van der Waals surface area contributed by atoms with Crippen molar-refractivity contribution in [2.75, 3.05) is 13.2 Å². The number of carbonyl (C=O) groups excluding carboxylic acids is 3. The second-order valence-corrected chi connectivity index (χ2v) is 6.27. The second kappa shape index (κ2) is 10.5. The Bertz CT molecular complexity index is 836. The number of nitrogens with one attached hydrogen (secondary N) is 2. The number of aromatic nitrogens is 2. The molecule has 150 valence electrons. The summed E-state index contributed by atoms with van der Waals surface area (Å²) in [6, 6.07) is 7.91. The summed E-state index contributed by atoms with van der Waals surface area (Å²) >= 11 is 6.19. The van der Waals surface area contributed by atoms with Gasteiger partial charge in [-0.3, -0.25) is 14.7 Å². The van der Waals surface area contributed by atoms with E-state index in [0.717, 1.165) is 5.56 Å². The Balaban J connectivity index is 2.12. The van der Waals surface area contributed by atoms with E-state index in [4.69, 9.17) is 21.1 Å². The van der Waals surface area contributed by atoms with Gasteiger partial charge in [-0.2, -0.15) is 5.10 Å². The minimum Gasteiger partial charge on any atom is -0.466 e. The lowest BCUT2D eigenvalue weighted by atomic mass is 10.0. The number of amides is 1. The first-order valence-electron chi connectivity index (χ1n) is 8.87. The number of benzene rings is 1. The lowest BCUT2D eigenvalue weighted by Gasteiger charge is -2.18. The SMILES string of the molecule is CCOC(=O)C[C@@H](Cc1ccccc1Cl)NC(=O)c1cc(C(=O)OCC)[nH]n1. The zero-order valence-corrected chi connectivity index (χ0v) is 16.4. The highest BCUT2D eigenvalue weighted by Gasteiger charge is 2.22. The summed E-state index contributed by atoms with van der Waals surface area (Å²) in [7, 11) is 0. The molecule has 1 heterocycles.